The highest BCUT2D eigenvalue weighted by Gasteiger charge is 2.39. The molecule has 0 atom stereocenters. The number of nitro groups is 1. The topological polar surface area (TPSA) is 115 Å². The van der Waals surface area contributed by atoms with Crippen molar-refractivity contribution in [2.75, 3.05) is 12.4 Å². The maximum absolute atomic E-state index is 13.3. The molecule has 1 aliphatic rings. The minimum atomic E-state index is -0.523. The van der Waals surface area contributed by atoms with Gasteiger partial charge in [-0.1, -0.05) is 6.07 Å². The number of rotatable bonds is 7. The summed E-state index contributed by atoms with van der Waals surface area (Å²) < 4.78 is 5.23. The van der Waals surface area contributed by atoms with Gasteiger partial charge in [0.25, 0.3) is 17.5 Å². The van der Waals surface area contributed by atoms with Gasteiger partial charge in [-0.3, -0.25) is 29.6 Å². The number of methoxy groups -OCH3 is 1. The second kappa shape index (κ2) is 8.68. The summed E-state index contributed by atoms with van der Waals surface area (Å²) in [4.78, 5) is 42.1. The zero-order chi connectivity index (χ0) is 22.7. The Labute approximate surface area is 183 Å². The smallest absolute Gasteiger partial charge is 0.278 e. The number of hydrogen-bond acceptors (Lipinski definition) is 7. The molecule has 3 aromatic rings. The van der Waals surface area contributed by atoms with Gasteiger partial charge in [0.2, 0.25) is 0 Å². The van der Waals surface area contributed by atoms with Crippen LogP contribution in [0.4, 0.5) is 11.4 Å². The molecule has 2 aromatic carbocycles. The first kappa shape index (κ1) is 20.7. The number of anilines is 1. The second-order valence-corrected chi connectivity index (χ2v) is 6.96. The van der Waals surface area contributed by atoms with E-state index in [9.17, 15) is 19.7 Å². The fraction of sp³-hybridized carbons (Fsp3) is 0.0870. The lowest BCUT2D eigenvalue weighted by molar-refractivity contribution is -0.384. The van der Waals surface area contributed by atoms with Gasteiger partial charge in [-0.25, -0.2) is 0 Å². The van der Waals surface area contributed by atoms with Crippen molar-refractivity contribution in [2.45, 2.75) is 6.54 Å². The number of benzene rings is 2. The Bertz CT molecular complexity index is 1220. The summed E-state index contributed by atoms with van der Waals surface area (Å²) in [6, 6.07) is 15.9. The first-order valence-corrected chi connectivity index (χ1v) is 9.63. The summed E-state index contributed by atoms with van der Waals surface area (Å²) in [6.07, 6.45) is 3.17. The number of aromatic nitrogens is 1. The van der Waals surface area contributed by atoms with E-state index in [0.717, 1.165) is 10.5 Å². The molecule has 1 aliphatic heterocycles. The number of nitrogens with one attached hydrogen (secondary N) is 1. The van der Waals surface area contributed by atoms with Crippen LogP contribution in [-0.2, 0) is 16.1 Å². The number of amides is 2. The number of nitro benzene ring substituents is 1. The SMILES string of the molecule is COc1cccc(NC2=C(c3ccc([N+](=O)[O-])cc3)C(=O)N(Cc3ccncc3)C2=O)c1. The molecular weight excluding hydrogens is 412 g/mol. The lowest BCUT2D eigenvalue weighted by Crippen LogP contribution is -2.32. The number of carbonyl (C=O) groups excluding carboxylic acids is 2. The van der Waals surface area contributed by atoms with Gasteiger partial charge in [-0.15, -0.1) is 0 Å². The third kappa shape index (κ3) is 4.04. The van der Waals surface area contributed by atoms with Crippen molar-refractivity contribution < 1.29 is 19.2 Å². The molecule has 0 aliphatic carbocycles. The molecule has 0 saturated heterocycles. The van der Waals surface area contributed by atoms with Crippen LogP contribution in [-0.4, -0.2) is 33.7 Å². The van der Waals surface area contributed by atoms with E-state index < -0.39 is 16.7 Å². The minimum absolute atomic E-state index is 0.0694. The molecule has 1 N–H and O–H groups in total. The maximum atomic E-state index is 13.3. The number of nitrogens with zero attached hydrogens (tertiary/aromatic N) is 3. The van der Waals surface area contributed by atoms with Crippen LogP contribution in [0.15, 0.2) is 78.8 Å². The Hall–Kier alpha value is -4.53. The third-order valence-electron chi connectivity index (χ3n) is 4.96. The molecule has 0 saturated carbocycles. The van der Waals surface area contributed by atoms with Crippen LogP contribution in [0.1, 0.15) is 11.1 Å². The van der Waals surface area contributed by atoms with E-state index in [2.05, 4.69) is 10.3 Å². The summed E-state index contributed by atoms with van der Waals surface area (Å²) in [5, 5.41) is 14.0. The summed E-state index contributed by atoms with van der Waals surface area (Å²) in [5.41, 5.74) is 1.82. The van der Waals surface area contributed by atoms with E-state index in [0.29, 0.717) is 17.0 Å². The van der Waals surface area contributed by atoms with Gasteiger partial charge < -0.3 is 10.1 Å². The van der Waals surface area contributed by atoms with E-state index in [-0.39, 0.29) is 23.5 Å². The standard InChI is InChI=1S/C23H18N4O5/c1-32-19-4-2-3-17(13-19)25-21-20(16-5-7-18(8-6-16)27(30)31)22(28)26(23(21)29)14-15-9-11-24-12-10-15/h2-13,25H,14H2,1H3. The molecule has 9 heteroatoms. The molecule has 4 rings (SSSR count). The highest BCUT2D eigenvalue weighted by atomic mass is 16.6. The number of non-ortho nitro benzene ring substituents is 1. The Morgan fingerprint density at radius 3 is 2.41 bits per heavy atom. The quantitative estimate of drug-likeness (QED) is 0.347. The second-order valence-electron chi connectivity index (χ2n) is 6.96. The molecule has 0 spiro atoms. The zero-order valence-electron chi connectivity index (χ0n) is 17.0. The van der Waals surface area contributed by atoms with E-state index in [1.165, 1.54) is 31.4 Å². The van der Waals surface area contributed by atoms with Crippen molar-refractivity contribution in [3.63, 3.8) is 0 Å². The monoisotopic (exact) mass is 430 g/mol. The van der Waals surface area contributed by atoms with E-state index in [1.54, 1.807) is 48.8 Å². The fourth-order valence-electron chi connectivity index (χ4n) is 3.37. The van der Waals surface area contributed by atoms with Crippen LogP contribution >= 0.6 is 0 Å². The number of imide groups is 1. The van der Waals surface area contributed by atoms with E-state index >= 15 is 0 Å². The summed E-state index contributed by atoms with van der Waals surface area (Å²) in [7, 11) is 1.53. The van der Waals surface area contributed by atoms with Crippen molar-refractivity contribution in [2.24, 2.45) is 0 Å². The molecule has 1 aromatic heterocycles. The van der Waals surface area contributed by atoms with Crippen LogP contribution in [0.2, 0.25) is 0 Å². The fourth-order valence-corrected chi connectivity index (χ4v) is 3.37. The molecule has 160 valence electrons. The van der Waals surface area contributed by atoms with Crippen molar-refractivity contribution in [3.8, 4) is 5.75 Å². The zero-order valence-corrected chi connectivity index (χ0v) is 17.0. The first-order valence-electron chi connectivity index (χ1n) is 9.63. The lowest BCUT2D eigenvalue weighted by atomic mass is 10.0. The van der Waals surface area contributed by atoms with Crippen molar-refractivity contribution in [3.05, 3.63) is 100.0 Å². The first-order chi connectivity index (χ1) is 15.5. The highest BCUT2D eigenvalue weighted by molar-refractivity contribution is 6.36. The lowest BCUT2D eigenvalue weighted by Gasteiger charge is -2.15. The minimum Gasteiger partial charge on any atom is -0.497 e. The van der Waals surface area contributed by atoms with Crippen LogP contribution in [0.5, 0.6) is 5.75 Å². The summed E-state index contributed by atoms with van der Waals surface area (Å²) in [5.74, 6) is -0.410. The molecule has 2 amide bonds. The van der Waals surface area contributed by atoms with Gasteiger partial charge in [-0.05, 0) is 47.5 Å². The normalized spacial score (nSPS) is 13.5. The van der Waals surface area contributed by atoms with Gasteiger partial charge in [0.05, 0.1) is 24.2 Å². The van der Waals surface area contributed by atoms with Crippen molar-refractivity contribution in [1.82, 2.24) is 9.88 Å². The van der Waals surface area contributed by atoms with Gasteiger partial charge >= 0.3 is 0 Å². The van der Waals surface area contributed by atoms with Crippen LogP contribution < -0.4 is 10.1 Å². The van der Waals surface area contributed by atoms with E-state index in [4.69, 9.17) is 4.74 Å². The summed E-state index contributed by atoms with van der Waals surface area (Å²) >= 11 is 0. The van der Waals surface area contributed by atoms with Crippen LogP contribution in [0.3, 0.4) is 0 Å². The van der Waals surface area contributed by atoms with Crippen molar-refractivity contribution in [1.29, 1.82) is 0 Å². The van der Waals surface area contributed by atoms with Crippen molar-refractivity contribution >= 4 is 28.8 Å². The predicted molar refractivity (Wildman–Crippen MR) is 116 cm³/mol. The number of pyridine rings is 1. The molecule has 2 heterocycles. The van der Waals surface area contributed by atoms with Gasteiger partial charge in [-0.2, -0.15) is 0 Å². The predicted octanol–water partition coefficient (Wildman–Crippen LogP) is 3.39. The Kier molecular flexibility index (Phi) is 5.63. The number of hydrogen-bond donors (Lipinski definition) is 1. The Balaban J connectivity index is 1.75. The molecule has 0 fully saturated rings. The molecule has 9 nitrogen and oxygen atoms in total. The van der Waals surface area contributed by atoms with Gasteiger partial charge in [0.15, 0.2) is 0 Å². The number of ether oxygens (including phenoxy) is 1. The molecule has 0 radical (unpaired) electrons. The average molecular weight is 430 g/mol. The average Bonchev–Trinajstić information content (AvgIpc) is 3.04. The molecule has 32 heavy (non-hydrogen) atoms. The number of carbonyl (C=O) groups is 2. The summed E-state index contributed by atoms with van der Waals surface area (Å²) in [6.45, 7) is 0.0694. The largest absolute Gasteiger partial charge is 0.497 e. The third-order valence-corrected chi connectivity index (χ3v) is 4.96. The maximum Gasteiger partial charge on any atom is 0.278 e. The Morgan fingerprint density at radius 2 is 1.75 bits per heavy atom. The Morgan fingerprint density at radius 1 is 1.03 bits per heavy atom. The molecular formula is C23H18N4O5. The van der Waals surface area contributed by atoms with Gasteiger partial charge in [0.1, 0.15) is 11.4 Å². The molecule has 0 unspecified atom stereocenters. The molecule has 0 bridgehead atoms. The van der Waals surface area contributed by atoms with Gasteiger partial charge in [0, 0.05) is 36.3 Å². The van der Waals surface area contributed by atoms with Crippen LogP contribution in [0, 0.1) is 10.1 Å². The van der Waals surface area contributed by atoms with E-state index in [1.807, 2.05) is 0 Å². The van der Waals surface area contributed by atoms with Crippen LogP contribution in [0.25, 0.3) is 5.57 Å². The highest BCUT2D eigenvalue weighted by Crippen LogP contribution is 2.32.